The van der Waals surface area contributed by atoms with E-state index in [0.29, 0.717) is 6.42 Å². The molecule has 0 aliphatic heterocycles. The van der Waals surface area contributed by atoms with E-state index in [1.807, 2.05) is 19.1 Å². The van der Waals surface area contributed by atoms with Gasteiger partial charge in [-0.1, -0.05) is 31.2 Å². The van der Waals surface area contributed by atoms with Crippen molar-refractivity contribution in [1.82, 2.24) is 0 Å². The lowest BCUT2D eigenvalue weighted by atomic mass is 9.85. The van der Waals surface area contributed by atoms with E-state index in [4.69, 9.17) is 5.11 Å². The Bertz CT molecular complexity index is 186. The van der Waals surface area contributed by atoms with E-state index in [9.17, 15) is 4.39 Å². The monoisotopic (exact) mass is 170 g/mol. The highest BCUT2D eigenvalue weighted by Crippen LogP contribution is 2.25. The molecule has 1 nitrogen and oxygen atoms in total. The summed E-state index contributed by atoms with van der Waals surface area (Å²) in [6.45, 7) is 2.11. The molecule has 12 heavy (non-hydrogen) atoms. The van der Waals surface area contributed by atoms with E-state index in [2.05, 4.69) is 0 Å². The molecule has 1 N–H and O–H groups in total. The number of hydrogen-bond donors (Lipinski definition) is 1. The Morgan fingerprint density at radius 3 is 2.67 bits per heavy atom. The second kappa shape index (κ2) is 4.41. The van der Waals surface area contributed by atoms with E-state index in [1.54, 1.807) is 12.2 Å². The van der Waals surface area contributed by atoms with Crippen molar-refractivity contribution in [2.24, 2.45) is 11.8 Å². The normalized spacial score (nSPS) is 30.6. The van der Waals surface area contributed by atoms with Crippen LogP contribution in [0.4, 0.5) is 4.39 Å². The molecule has 1 aliphatic rings. The Labute approximate surface area is 72.6 Å². The van der Waals surface area contributed by atoms with Crippen LogP contribution in [0.2, 0.25) is 0 Å². The Kier molecular flexibility index (Phi) is 3.48. The predicted octanol–water partition coefficient (Wildman–Crippen LogP) is 2.09. The molecule has 0 amide bonds. The first-order chi connectivity index (χ1) is 5.75. The lowest BCUT2D eigenvalue weighted by Gasteiger charge is -2.23. The predicted molar refractivity (Wildman–Crippen MR) is 47.5 cm³/mol. The zero-order valence-electron chi connectivity index (χ0n) is 7.28. The summed E-state index contributed by atoms with van der Waals surface area (Å²) in [5.41, 5.74) is 0. The number of allylic oxidation sites excluding steroid dienone is 4. The summed E-state index contributed by atoms with van der Waals surface area (Å²) in [6.07, 6.45) is 6.84. The fourth-order valence-corrected chi connectivity index (χ4v) is 1.50. The van der Waals surface area contributed by atoms with Crippen molar-refractivity contribution in [1.29, 1.82) is 0 Å². The maximum Gasteiger partial charge on any atom is 0.125 e. The smallest absolute Gasteiger partial charge is 0.125 e. The second-order valence-electron chi connectivity index (χ2n) is 3.28. The average Bonchev–Trinajstić information content (AvgIpc) is 2.05. The molecule has 0 heterocycles. The molecule has 0 saturated heterocycles. The zero-order valence-corrected chi connectivity index (χ0v) is 7.28. The van der Waals surface area contributed by atoms with Crippen LogP contribution in [-0.2, 0) is 0 Å². The molecule has 0 radical (unpaired) electrons. The first-order valence-corrected chi connectivity index (χ1v) is 4.35. The fourth-order valence-electron chi connectivity index (χ4n) is 1.50. The second-order valence-corrected chi connectivity index (χ2v) is 3.28. The standard InChI is InChI=1S/C10H15FO/c1-8(6-7-12)9-4-2-3-5-10(9)11/h2-5,8-10,12H,6-7H2,1H3. The van der Waals surface area contributed by atoms with Crippen LogP contribution < -0.4 is 0 Å². The van der Waals surface area contributed by atoms with Gasteiger partial charge in [-0.2, -0.15) is 0 Å². The summed E-state index contributed by atoms with van der Waals surface area (Å²) >= 11 is 0. The topological polar surface area (TPSA) is 20.2 Å². The van der Waals surface area contributed by atoms with Crippen LogP contribution in [-0.4, -0.2) is 17.9 Å². The van der Waals surface area contributed by atoms with Crippen LogP contribution in [0.25, 0.3) is 0 Å². The lowest BCUT2D eigenvalue weighted by molar-refractivity contribution is 0.202. The molecule has 3 atom stereocenters. The molecule has 0 spiro atoms. The molecular weight excluding hydrogens is 155 g/mol. The Balaban J connectivity index is 2.50. The Hall–Kier alpha value is -0.630. The maximum atomic E-state index is 13.2. The van der Waals surface area contributed by atoms with E-state index in [1.165, 1.54) is 0 Å². The summed E-state index contributed by atoms with van der Waals surface area (Å²) in [5, 5.41) is 8.69. The van der Waals surface area contributed by atoms with Crippen LogP contribution in [0.5, 0.6) is 0 Å². The minimum absolute atomic E-state index is 0.0536. The number of alkyl halides is 1. The van der Waals surface area contributed by atoms with Gasteiger partial charge in [0.2, 0.25) is 0 Å². The highest BCUT2D eigenvalue weighted by molar-refractivity contribution is 5.15. The first kappa shape index (κ1) is 9.46. The van der Waals surface area contributed by atoms with Crippen molar-refractivity contribution < 1.29 is 9.50 Å². The molecule has 1 aliphatic carbocycles. The van der Waals surface area contributed by atoms with E-state index in [-0.39, 0.29) is 18.4 Å². The van der Waals surface area contributed by atoms with Crippen molar-refractivity contribution in [3.05, 3.63) is 24.3 Å². The molecular formula is C10H15FO. The minimum Gasteiger partial charge on any atom is -0.396 e. The van der Waals surface area contributed by atoms with Crippen LogP contribution in [0.1, 0.15) is 13.3 Å². The van der Waals surface area contributed by atoms with Gasteiger partial charge < -0.3 is 5.11 Å². The molecule has 0 aromatic rings. The molecule has 0 aromatic carbocycles. The Morgan fingerprint density at radius 2 is 2.08 bits per heavy atom. The van der Waals surface area contributed by atoms with Gasteiger partial charge in [0, 0.05) is 12.5 Å². The third-order valence-electron chi connectivity index (χ3n) is 2.35. The fraction of sp³-hybridized carbons (Fsp3) is 0.600. The third kappa shape index (κ3) is 2.18. The Morgan fingerprint density at radius 1 is 1.42 bits per heavy atom. The molecule has 3 unspecified atom stereocenters. The SMILES string of the molecule is CC(CCO)C1C=CC=CC1F. The van der Waals surface area contributed by atoms with Crippen molar-refractivity contribution >= 4 is 0 Å². The highest BCUT2D eigenvalue weighted by Gasteiger charge is 2.23. The van der Waals surface area contributed by atoms with Crippen LogP contribution in [0.15, 0.2) is 24.3 Å². The number of aliphatic hydroxyl groups is 1. The summed E-state index contributed by atoms with van der Waals surface area (Å²) in [5.74, 6) is 0.161. The lowest BCUT2D eigenvalue weighted by Crippen LogP contribution is -2.21. The zero-order chi connectivity index (χ0) is 8.97. The van der Waals surface area contributed by atoms with Gasteiger partial charge in [-0.05, 0) is 12.3 Å². The molecule has 2 heteroatoms. The van der Waals surface area contributed by atoms with Gasteiger partial charge in [-0.15, -0.1) is 0 Å². The van der Waals surface area contributed by atoms with Crippen LogP contribution in [0.3, 0.4) is 0 Å². The first-order valence-electron chi connectivity index (χ1n) is 4.35. The van der Waals surface area contributed by atoms with E-state index in [0.717, 1.165) is 0 Å². The van der Waals surface area contributed by atoms with Crippen LogP contribution in [0, 0.1) is 11.8 Å². The van der Waals surface area contributed by atoms with Crippen molar-refractivity contribution in [3.63, 3.8) is 0 Å². The van der Waals surface area contributed by atoms with Crippen LogP contribution >= 0.6 is 0 Å². The molecule has 0 aromatic heterocycles. The third-order valence-corrected chi connectivity index (χ3v) is 2.35. The van der Waals surface area contributed by atoms with Gasteiger partial charge in [0.05, 0.1) is 0 Å². The van der Waals surface area contributed by atoms with Crippen molar-refractivity contribution in [3.8, 4) is 0 Å². The summed E-state index contributed by atoms with van der Waals surface area (Å²) in [7, 11) is 0. The number of hydrogen-bond acceptors (Lipinski definition) is 1. The minimum atomic E-state index is -0.878. The summed E-state index contributed by atoms with van der Waals surface area (Å²) in [4.78, 5) is 0. The number of halogens is 1. The summed E-state index contributed by atoms with van der Waals surface area (Å²) in [6, 6.07) is 0. The van der Waals surface area contributed by atoms with Crippen molar-refractivity contribution in [2.45, 2.75) is 19.5 Å². The van der Waals surface area contributed by atoms with Gasteiger partial charge in [0.1, 0.15) is 6.17 Å². The molecule has 0 bridgehead atoms. The number of rotatable bonds is 3. The molecule has 1 rings (SSSR count). The van der Waals surface area contributed by atoms with Gasteiger partial charge in [0.25, 0.3) is 0 Å². The molecule has 0 saturated carbocycles. The van der Waals surface area contributed by atoms with Crippen molar-refractivity contribution in [2.75, 3.05) is 6.61 Å². The van der Waals surface area contributed by atoms with Gasteiger partial charge in [-0.25, -0.2) is 4.39 Å². The maximum absolute atomic E-state index is 13.2. The molecule has 68 valence electrons. The average molecular weight is 170 g/mol. The van der Waals surface area contributed by atoms with Gasteiger partial charge in [0.15, 0.2) is 0 Å². The van der Waals surface area contributed by atoms with Gasteiger partial charge in [-0.3, -0.25) is 0 Å². The quantitative estimate of drug-likeness (QED) is 0.687. The largest absolute Gasteiger partial charge is 0.396 e. The summed E-state index contributed by atoms with van der Waals surface area (Å²) < 4.78 is 13.2. The van der Waals surface area contributed by atoms with Gasteiger partial charge >= 0.3 is 0 Å². The van der Waals surface area contributed by atoms with E-state index >= 15 is 0 Å². The molecule has 0 fully saturated rings. The number of aliphatic hydroxyl groups excluding tert-OH is 1. The van der Waals surface area contributed by atoms with E-state index < -0.39 is 6.17 Å². The highest BCUT2D eigenvalue weighted by atomic mass is 19.1.